The summed E-state index contributed by atoms with van der Waals surface area (Å²) < 4.78 is 12.8. The van der Waals surface area contributed by atoms with Crippen LogP contribution in [-0.2, 0) is 0 Å². The van der Waals surface area contributed by atoms with E-state index in [2.05, 4.69) is 212 Å². The van der Waals surface area contributed by atoms with E-state index in [4.69, 9.17) is 8.83 Å². The molecular weight excluding hydrogens is 767 g/mol. The largest absolute Gasteiger partial charge is 0.456 e. The van der Waals surface area contributed by atoms with Gasteiger partial charge >= 0.3 is 0 Å². The monoisotopic (exact) mass is 805 g/mol. The van der Waals surface area contributed by atoms with Crippen LogP contribution in [0.25, 0.3) is 104 Å². The summed E-state index contributed by atoms with van der Waals surface area (Å²) >= 11 is 0. The number of anilines is 2. The molecular formula is C60H39NO2. The van der Waals surface area contributed by atoms with Gasteiger partial charge in [-0.15, -0.1) is 0 Å². The molecule has 10 aromatic carbocycles. The number of rotatable bonds is 8. The molecule has 0 fully saturated rings. The van der Waals surface area contributed by atoms with Crippen molar-refractivity contribution in [3.63, 3.8) is 0 Å². The first-order valence-corrected chi connectivity index (χ1v) is 21.3. The molecule has 0 N–H and O–H groups in total. The molecule has 3 heteroatoms. The lowest BCUT2D eigenvalue weighted by atomic mass is 9.97. The highest BCUT2D eigenvalue weighted by atomic mass is 16.3. The molecule has 0 atom stereocenters. The number of allylic oxidation sites excluding steroid dienone is 4. The predicted molar refractivity (Wildman–Crippen MR) is 267 cm³/mol. The van der Waals surface area contributed by atoms with Crippen molar-refractivity contribution in [2.75, 3.05) is 4.90 Å². The van der Waals surface area contributed by atoms with Gasteiger partial charge in [-0.1, -0.05) is 164 Å². The second kappa shape index (κ2) is 14.9. The maximum atomic E-state index is 6.52. The number of fused-ring (bicyclic) bond motifs is 11. The normalized spacial score (nSPS) is 12.2. The molecule has 3 nitrogen and oxygen atoms in total. The van der Waals surface area contributed by atoms with Gasteiger partial charge in [-0.05, 0) is 115 Å². The number of benzene rings is 10. The van der Waals surface area contributed by atoms with Crippen LogP contribution in [0.5, 0.6) is 0 Å². The van der Waals surface area contributed by atoms with Gasteiger partial charge in [0.15, 0.2) is 0 Å². The van der Waals surface area contributed by atoms with Crippen LogP contribution in [0, 0.1) is 0 Å². The summed E-state index contributed by atoms with van der Waals surface area (Å²) in [4.78, 5) is 2.28. The van der Waals surface area contributed by atoms with Crippen molar-refractivity contribution in [3.05, 3.63) is 237 Å². The van der Waals surface area contributed by atoms with E-state index in [1.54, 1.807) is 0 Å². The molecule has 0 aliphatic carbocycles. The molecule has 2 aromatic heterocycles. The number of nitrogens with zero attached hydrogens (tertiary/aromatic N) is 1. The summed E-state index contributed by atoms with van der Waals surface area (Å²) in [5.74, 6) is 0. The maximum Gasteiger partial charge on any atom is 0.143 e. The maximum absolute atomic E-state index is 6.52. The van der Waals surface area contributed by atoms with E-state index in [0.717, 1.165) is 94.0 Å². The zero-order chi connectivity index (χ0) is 41.9. The molecule has 0 saturated carbocycles. The van der Waals surface area contributed by atoms with Gasteiger partial charge in [-0.2, -0.15) is 0 Å². The van der Waals surface area contributed by atoms with E-state index in [9.17, 15) is 0 Å². The summed E-state index contributed by atoms with van der Waals surface area (Å²) in [6.45, 7) is 4.24. The standard InChI is InChI=1S/C60H39NO2/c1-2-39(43-29-33-48-44(37-43)25-24-40-13-3-5-16-47(40)48)15-12-36-61(46-31-26-42(27-32-46)50-20-11-23-58-59(50)53-19-8-10-22-56(53)62-58)55-21-9-7-17-49(55)45-30-35-57-54(38-45)52-34-28-41-14-4-6-18-51(41)60(52)63-57/h2-38H,1H2/b36-12+,39-15+. The Bertz CT molecular complexity index is 3820. The van der Waals surface area contributed by atoms with Gasteiger partial charge in [0, 0.05) is 44.4 Å². The lowest BCUT2D eigenvalue weighted by Gasteiger charge is -2.24. The molecule has 12 aromatic rings. The smallest absolute Gasteiger partial charge is 0.143 e. The molecule has 12 rings (SSSR count). The molecule has 0 spiro atoms. The Morgan fingerprint density at radius 1 is 0.444 bits per heavy atom. The van der Waals surface area contributed by atoms with Crippen LogP contribution < -0.4 is 4.90 Å². The van der Waals surface area contributed by atoms with E-state index < -0.39 is 0 Å². The summed E-state index contributed by atoms with van der Waals surface area (Å²) in [7, 11) is 0. The van der Waals surface area contributed by atoms with Crippen molar-refractivity contribution < 1.29 is 8.83 Å². The van der Waals surface area contributed by atoms with Crippen molar-refractivity contribution in [1.82, 2.24) is 0 Å². The third kappa shape index (κ3) is 6.21. The molecule has 0 bridgehead atoms. The van der Waals surface area contributed by atoms with Gasteiger partial charge in [-0.25, -0.2) is 0 Å². The SMILES string of the molecule is C=C/C(=C\C=C\N(c1ccc(-c2cccc3oc4ccccc4c23)cc1)c1ccccc1-c1ccc2oc3c4ccccc4ccc3c2c1)c1ccc2c(ccc3ccccc32)c1. The molecule has 2 heterocycles. The molecule has 0 radical (unpaired) electrons. The van der Waals surface area contributed by atoms with E-state index >= 15 is 0 Å². The Kier molecular flexibility index (Phi) is 8.65. The summed E-state index contributed by atoms with van der Waals surface area (Å²) in [6.07, 6.45) is 8.38. The van der Waals surface area contributed by atoms with E-state index in [1.165, 1.54) is 26.9 Å². The predicted octanol–water partition coefficient (Wildman–Crippen LogP) is 17.2. The zero-order valence-corrected chi connectivity index (χ0v) is 34.3. The Morgan fingerprint density at radius 3 is 1.97 bits per heavy atom. The quantitative estimate of drug-likeness (QED) is 0.113. The fourth-order valence-electron chi connectivity index (χ4n) is 9.43. The second-order valence-electron chi connectivity index (χ2n) is 16.1. The van der Waals surface area contributed by atoms with Crippen LogP contribution in [0.4, 0.5) is 11.4 Å². The number of hydrogen-bond donors (Lipinski definition) is 0. The lowest BCUT2D eigenvalue weighted by Crippen LogP contribution is -2.09. The van der Waals surface area contributed by atoms with E-state index in [1.807, 2.05) is 24.3 Å². The van der Waals surface area contributed by atoms with E-state index in [0.29, 0.717) is 0 Å². The van der Waals surface area contributed by atoms with Crippen LogP contribution >= 0.6 is 0 Å². The second-order valence-corrected chi connectivity index (χ2v) is 16.1. The van der Waals surface area contributed by atoms with Crippen LogP contribution in [-0.4, -0.2) is 0 Å². The summed E-state index contributed by atoms with van der Waals surface area (Å²) in [6, 6.07) is 71.0. The topological polar surface area (TPSA) is 29.5 Å². The van der Waals surface area contributed by atoms with Crippen LogP contribution in [0.2, 0.25) is 0 Å². The van der Waals surface area contributed by atoms with Crippen LogP contribution in [0.15, 0.2) is 240 Å². The average Bonchev–Trinajstić information content (AvgIpc) is 3.93. The minimum absolute atomic E-state index is 0.874. The van der Waals surface area contributed by atoms with Crippen LogP contribution in [0.3, 0.4) is 0 Å². The number of para-hydroxylation sites is 2. The highest BCUT2D eigenvalue weighted by molar-refractivity contribution is 6.16. The Hall–Kier alpha value is -8.40. The zero-order valence-electron chi connectivity index (χ0n) is 34.3. The number of furan rings is 2. The third-order valence-corrected chi connectivity index (χ3v) is 12.5. The minimum atomic E-state index is 0.874. The van der Waals surface area contributed by atoms with E-state index in [-0.39, 0.29) is 0 Å². The first-order valence-electron chi connectivity index (χ1n) is 21.3. The fourth-order valence-corrected chi connectivity index (χ4v) is 9.43. The lowest BCUT2D eigenvalue weighted by molar-refractivity contribution is 0.669. The fraction of sp³-hybridized carbons (Fsp3) is 0. The third-order valence-electron chi connectivity index (χ3n) is 12.5. The first-order chi connectivity index (χ1) is 31.2. The molecule has 296 valence electrons. The van der Waals surface area contributed by atoms with Crippen molar-refractivity contribution in [3.8, 4) is 22.3 Å². The van der Waals surface area contributed by atoms with Gasteiger partial charge in [0.25, 0.3) is 0 Å². The van der Waals surface area contributed by atoms with Crippen molar-refractivity contribution in [2.45, 2.75) is 0 Å². The van der Waals surface area contributed by atoms with Crippen molar-refractivity contribution in [2.24, 2.45) is 0 Å². The molecule has 63 heavy (non-hydrogen) atoms. The van der Waals surface area contributed by atoms with Gasteiger partial charge < -0.3 is 13.7 Å². The van der Waals surface area contributed by atoms with Gasteiger partial charge in [0.2, 0.25) is 0 Å². The van der Waals surface area contributed by atoms with Gasteiger partial charge in [0.1, 0.15) is 22.3 Å². The Morgan fingerprint density at radius 2 is 1.10 bits per heavy atom. The first kappa shape index (κ1) is 36.5. The van der Waals surface area contributed by atoms with Crippen molar-refractivity contribution >= 4 is 93.1 Å². The Labute approximate surface area is 364 Å². The Balaban J connectivity index is 0.974. The molecule has 0 amide bonds. The molecule has 0 aliphatic heterocycles. The van der Waals surface area contributed by atoms with Gasteiger partial charge in [0.05, 0.1) is 5.69 Å². The molecule has 0 saturated heterocycles. The highest BCUT2D eigenvalue weighted by Gasteiger charge is 2.18. The van der Waals surface area contributed by atoms with Crippen LogP contribution in [0.1, 0.15) is 5.56 Å². The van der Waals surface area contributed by atoms with Crippen molar-refractivity contribution in [1.29, 1.82) is 0 Å². The molecule has 0 aliphatic rings. The molecule has 0 unspecified atom stereocenters. The average molecular weight is 806 g/mol. The number of hydrogen-bond acceptors (Lipinski definition) is 3. The minimum Gasteiger partial charge on any atom is -0.456 e. The van der Waals surface area contributed by atoms with Gasteiger partial charge in [-0.3, -0.25) is 0 Å². The highest BCUT2D eigenvalue weighted by Crippen LogP contribution is 2.42. The summed E-state index contributed by atoms with van der Waals surface area (Å²) in [5, 5.41) is 11.7. The summed E-state index contributed by atoms with van der Waals surface area (Å²) in [5.41, 5.74) is 12.3.